The van der Waals surface area contributed by atoms with Gasteiger partial charge in [-0.2, -0.15) is 5.10 Å². The van der Waals surface area contributed by atoms with Crippen molar-refractivity contribution in [2.75, 3.05) is 5.32 Å². The molecule has 5 heteroatoms. The fourth-order valence-corrected chi connectivity index (χ4v) is 1.39. The van der Waals surface area contributed by atoms with Gasteiger partial charge in [-0.1, -0.05) is 0 Å². The molecule has 3 N–H and O–H groups in total. The molecule has 0 aliphatic carbocycles. The zero-order chi connectivity index (χ0) is 14.0. The van der Waals surface area contributed by atoms with Gasteiger partial charge in [-0.15, -0.1) is 0 Å². The maximum atomic E-state index is 13.3. The van der Waals surface area contributed by atoms with Crippen molar-refractivity contribution >= 4 is 11.4 Å². The Bertz CT molecular complexity index is 580. The molecule has 0 atom stereocenters. The van der Waals surface area contributed by atoms with Crippen LogP contribution < -0.4 is 11.1 Å². The Morgan fingerprint density at radius 1 is 1.50 bits per heavy atom. The summed E-state index contributed by atoms with van der Waals surface area (Å²) >= 11 is 0. The minimum atomic E-state index is -2.33. The molecule has 84 valence electrons. The van der Waals surface area contributed by atoms with Gasteiger partial charge >= 0.3 is 0 Å². The lowest BCUT2D eigenvalue weighted by Crippen LogP contribution is -1.99. The summed E-state index contributed by atoms with van der Waals surface area (Å²) in [4.78, 5) is 0. The van der Waals surface area contributed by atoms with E-state index in [0.717, 1.165) is 4.68 Å². The third-order valence-corrected chi connectivity index (χ3v) is 2.06. The Labute approximate surface area is 97.1 Å². The molecule has 0 bridgehead atoms. The average Bonchev–Trinajstić information content (AvgIpc) is 2.76. The first-order chi connectivity index (χ1) is 8.88. The van der Waals surface area contributed by atoms with Crippen molar-refractivity contribution in [1.29, 1.82) is 0 Å². The standard InChI is InChI=1S/C11H13FN4/c1-16-7-11(6-14-16)15-10-3-8(5-13)2-9(12)4-10/h2-4,6-7,15H,5,13H2,1H3/i1D3. The number of hydrogen-bond donors (Lipinski definition) is 2. The highest BCUT2D eigenvalue weighted by molar-refractivity contribution is 5.58. The molecule has 0 fully saturated rings. The number of nitrogens with two attached hydrogens (primary N) is 1. The van der Waals surface area contributed by atoms with Crippen LogP contribution in [0.25, 0.3) is 0 Å². The molecule has 1 aromatic heterocycles. The lowest BCUT2D eigenvalue weighted by molar-refractivity contribution is 0.626. The number of halogens is 1. The molecule has 0 saturated heterocycles. The SMILES string of the molecule is [2H]C([2H])([2H])n1cc(Nc2cc(F)cc(CN)c2)cn1. The number of aryl methyl sites for hydroxylation is 1. The minimum absolute atomic E-state index is 0.223. The van der Waals surface area contributed by atoms with Crippen LogP contribution in [0.1, 0.15) is 9.68 Å². The highest BCUT2D eigenvalue weighted by Gasteiger charge is 2.01. The Morgan fingerprint density at radius 2 is 2.38 bits per heavy atom. The van der Waals surface area contributed by atoms with Gasteiger partial charge in [0.1, 0.15) is 5.82 Å². The van der Waals surface area contributed by atoms with Crippen molar-refractivity contribution in [1.82, 2.24) is 9.78 Å². The Hall–Kier alpha value is -1.88. The third-order valence-electron chi connectivity index (χ3n) is 2.06. The third kappa shape index (κ3) is 2.38. The van der Waals surface area contributed by atoms with Crippen LogP contribution in [0.5, 0.6) is 0 Å². The number of anilines is 2. The number of hydrogen-bond acceptors (Lipinski definition) is 3. The first-order valence-electron chi connectivity index (χ1n) is 6.20. The predicted octanol–water partition coefficient (Wildman–Crippen LogP) is 1.76. The zero-order valence-corrected chi connectivity index (χ0v) is 8.44. The number of rotatable bonds is 3. The van der Waals surface area contributed by atoms with Crippen molar-refractivity contribution < 1.29 is 8.50 Å². The van der Waals surface area contributed by atoms with Gasteiger partial charge in [0.25, 0.3) is 0 Å². The van der Waals surface area contributed by atoms with Gasteiger partial charge in [-0.3, -0.25) is 4.68 Å². The lowest BCUT2D eigenvalue weighted by atomic mass is 10.2. The summed E-state index contributed by atoms with van der Waals surface area (Å²) < 4.78 is 35.7. The molecule has 0 radical (unpaired) electrons. The molecule has 2 rings (SSSR count). The van der Waals surface area contributed by atoms with Crippen LogP contribution >= 0.6 is 0 Å². The van der Waals surface area contributed by atoms with Crippen LogP contribution in [0, 0.1) is 5.82 Å². The molecule has 0 aliphatic heterocycles. The van der Waals surface area contributed by atoms with E-state index in [1.54, 1.807) is 6.07 Å². The molecule has 0 spiro atoms. The summed E-state index contributed by atoms with van der Waals surface area (Å²) in [6.07, 6.45) is 2.69. The summed E-state index contributed by atoms with van der Waals surface area (Å²) in [7, 11) is 0. The number of nitrogens with one attached hydrogen (secondary N) is 1. The second-order valence-corrected chi connectivity index (χ2v) is 3.35. The van der Waals surface area contributed by atoms with E-state index in [9.17, 15) is 4.39 Å². The van der Waals surface area contributed by atoms with Crippen LogP contribution in [0.15, 0.2) is 30.6 Å². The highest BCUT2D eigenvalue weighted by Crippen LogP contribution is 2.18. The summed E-state index contributed by atoms with van der Waals surface area (Å²) in [5.74, 6) is -0.409. The largest absolute Gasteiger partial charge is 0.353 e. The molecule has 16 heavy (non-hydrogen) atoms. The topological polar surface area (TPSA) is 55.9 Å². The van der Waals surface area contributed by atoms with Crippen molar-refractivity contribution in [3.63, 3.8) is 0 Å². The van der Waals surface area contributed by atoms with Crippen molar-refractivity contribution in [2.45, 2.75) is 6.54 Å². The van der Waals surface area contributed by atoms with Gasteiger partial charge in [0.2, 0.25) is 0 Å². The second-order valence-electron chi connectivity index (χ2n) is 3.35. The Kier molecular flexibility index (Phi) is 2.00. The summed E-state index contributed by atoms with van der Waals surface area (Å²) in [6, 6.07) is 4.33. The van der Waals surface area contributed by atoms with E-state index in [1.807, 2.05) is 0 Å². The van der Waals surface area contributed by atoms with Crippen molar-refractivity contribution in [3.05, 3.63) is 42.0 Å². The summed E-state index contributed by atoms with van der Waals surface area (Å²) in [6.45, 7) is -2.11. The summed E-state index contributed by atoms with van der Waals surface area (Å²) in [5.41, 5.74) is 7.06. The van der Waals surface area contributed by atoms with E-state index in [1.165, 1.54) is 24.5 Å². The van der Waals surface area contributed by atoms with E-state index in [0.29, 0.717) is 16.9 Å². The average molecular weight is 223 g/mol. The van der Waals surface area contributed by atoms with Crippen LogP contribution in [0.3, 0.4) is 0 Å². The quantitative estimate of drug-likeness (QED) is 0.833. The summed E-state index contributed by atoms with van der Waals surface area (Å²) in [5, 5.41) is 6.60. The van der Waals surface area contributed by atoms with Gasteiger partial charge in [-0.25, -0.2) is 4.39 Å². The molecule has 0 unspecified atom stereocenters. The van der Waals surface area contributed by atoms with Gasteiger partial charge in [-0.05, 0) is 23.8 Å². The molecule has 1 aromatic carbocycles. The Morgan fingerprint density at radius 3 is 3.06 bits per heavy atom. The molecular weight excluding hydrogens is 207 g/mol. The van der Waals surface area contributed by atoms with Gasteiger partial charge in [0.05, 0.1) is 11.9 Å². The molecule has 1 heterocycles. The van der Waals surface area contributed by atoms with Crippen molar-refractivity contribution in [3.8, 4) is 0 Å². The van der Waals surface area contributed by atoms with Gasteiger partial charge < -0.3 is 11.1 Å². The predicted molar refractivity (Wildman–Crippen MR) is 60.8 cm³/mol. The van der Waals surface area contributed by atoms with Crippen LogP contribution in [-0.4, -0.2) is 9.78 Å². The zero-order valence-electron chi connectivity index (χ0n) is 11.4. The minimum Gasteiger partial charge on any atom is -0.353 e. The van der Waals surface area contributed by atoms with Crippen LogP contribution in [0.2, 0.25) is 0 Å². The van der Waals surface area contributed by atoms with E-state index in [2.05, 4.69) is 10.4 Å². The molecule has 0 amide bonds. The molecule has 0 saturated carbocycles. The van der Waals surface area contributed by atoms with E-state index < -0.39 is 12.8 Å². The number of aromatic nitrogens is 2. The van der Waals surface area contributed by atoms with Crippen LogP contribution in [0.4, 0.5) is 15.8 Å². The lowest BCUT2D eigenvalue weighted by Gasteiger charge is -2.05. The van der Waals surface area contributed by atoms with E-state index in [4.69, 9.17) is 9.85 Å². The first-order valence-corrected chi connectivity index (χ1v) is 4.70. The Balaban J connectivity index is 2.21. The normalized spacial score (nSPS) is 14.0. The molecular formula is C11H13FN4. The molecule has 2 aromatic rings. The van der Waals surface area contributed by atoms with Gasteiger partial charge in [0.15, 0.2) is 0 Å². The molecule has 4 nitrogen and oxygen atoms in total. The number of benzene rings is 1. The van der Waals surface area contributed by atoms with Gasteiger partial charge in [0, 0.05) is 29.5 Å². The fourth-order valence-electron chi connectivity index (χ4n) is 1.39. The van der Waals surface area contributed by atoms with Crippen molar-refractivity contribution in [2.24, 2.45) is 12.7 Å². The maximum Gasteiger partial charge on any atom is 0.125 e. The monoisotopic (exact) mass is 223 g/mol. The molecule has 0 aliphatic rings. The number of nitrogens with zero attached hydrogens (tertiary/aromatic N) is 2. The highest BCUT2D eigenvalue weighted by atomic mass is 19.1. The van der Waals surface area contributed by atoms with Crippen LogP contribution in [-0.2, 0) is 13.5 Å². The smallest absolute Gasteiger partial charge is 0.125 e. The fraction of sp³-hybridized carbons (Fsp3) is 0.182. The van der Waals surface area contributed by atoms with E-state index in [-0.39, 0.29) is 6.54 Å². The maximum absolute atomic E-state index is 13.3. The van der Waals surface area contributed by atoms with E-state index >= 15 is 0 Å². The second kappa shape index (κ2) is 4.32. The first kappa shape index (κ1) is 7.40.